The predicted molar refractivity (Wildman–Crippen MR) is 67.9 cm³/mol. The molecule has 0 radical (unpaired) electrons. The van der Waals surface area contributed by atoms with Gasteiger partial charge >= 0.3 is 5.97 Å². The molecule has 1 atom stereocenters. The summed E-state index contributed by atoms with van der Waals surface area (Å²) in [5.41, 5.74) is -0.0384. The highest BCUT2D eigenvalue weighted by atomic mass is 16.4. The van der Waals surface area contributed by atoms with Crippen molar-refractivity contribution >= 4 is 17.7 Å². The Morgan fingerprint density at radius 2 is 2.11 bits per heavy atom. The van der Waals surface area contributed by atoms with E-state index in [1.165, 1.54) is 12.5 Å². The second kappa shape index (κ2) is 5.64. The Hall–Kier alpha value is -2.18. The van der Waals surface area contributed by atoms with Crippen LogP contribution in [0.2, 0.25) is 0 Å². The molecule has 2 N–H and O–H groups in total. The van der Waals surface area contributed by atoms with E-state index in [0.717, 1.165) is 25.9 Å². The SMILES string of the molecule is CC(Nc1ncncc1C(=O)O)C(=O)N1CCCC1. The molecule has 1 unspecified atom stereocenters. The molecular formula is C12H16N4O3. The van der Waals surface area contributed by atoms with Gasteiger partial charge in [-0.05, 0) is 19.8 Å². The molecule has 1 saturated heterocycles. The minimum atomic E-state index is -1.12. The normalized spacial score (nSPS) is 16.2. The molecule has 1 amide bonds. The lowest BCUT2D eigenvalue weighted by Gasteiger charge is -2.21. The van der Waals surface area contributed by atoms with Crippen molar-refractivity contribution in [1.82, 2.24) is 14.9 Å². The topological polar surface area (TPSA) is 95.4 Å². The van der Waals surface area contributed by atoms with Gasteiger partial charge in [0.2, 0.25) is 5.91 Å². The Balaban J connectivity index is 2.08. The number of rotatable bonds is 4. The molecule has 1 aromatic heterocycles. The number of hydrogen-bond acceptors (Lipinski definition) is 5. The van der Waals surface area contributed by atoms with Gasteiger partial charge in [-0.1, -0.05) is 0 Å². The summed E-state index contributed by atoms with van der Waals surface area (Å²) < 4.78 is 0. The van der Waals surface area contributed by atoms with Crippen LogP contribution in [-0.2, 0) is 4.79 Å². The fourth-order valence-electron chi connectivity index (χ4n) is 2.08. The van der Waals surface area contributed by atoms with E-state index in [1.807, 2.05) is 0 Å². The zero-order valence-corrected chi connectivity index (χ0v) is 10.7. The molecule has 7 nitrogen and oxygen atoms in total. The number of aromatic carboxylic acids is 1. The molecule has 1 aliphatic rings. The van der Waals surface area contributed by atoms with Crippen molar-refractivity contribution in [3.8, 4) is 0 Å². The summed E-state index contributed by atoms with van der Waals surface area (Å²) in [6.07, 6.45) is 4.51. The number of carbonyl (C=O) groups is 2. The molecule has 1 aromatic rings. The van der Waals surface area contributed by atoms with Crippen LogP contribution in [0, 0.1) is 0 Å². The largest absolute Gasteiger partial charge is 0.477 e. The van der Waals surface area contributed by atoms with Crippen molar-refractivity contribution in [3.63, 3.8) is 0 Å². The maximum atomic E-state index is 12.1. The van der Waals surface area contributed by atoms with Crippen molar-refractivity contribution in [2.75, 3.05) is 18.4 Å². The average Bonchev–Trinajstić information content (AvgIpc) is 2.92. The van der Waals surface area contributed by atoms with Crippen molar-refractivity contribution < 1.29 is 14.7 Å². The van der Waals surface area contributed by atoms with Crippen LogP contribution in [0.3, 0.4) is 0 Å². The number of nitrogens with one attached hydrogen (secondary N) is 1. The number of hydrogen-bond donors (Lipinski definition) is 2. The van der Waals surface area contributed by atoms with Crippen molar-refractivity contribution in [1.29, 1.82) is 0 Å². The van der Waals surface area contributed by atoms with Gasteiger partial charge in [0.15, 0.2) is 0 Å². The maximum Gasteiger partial charge on any atom is 0.341 e. The number of carbonyl (C=O) groups excluding carboxylic acids is 1. The first-order valence-electron chi connectivity index (χ1n) is 6.18. The molecule has 102 valence electrons. The van der Waals surface area contributed by atoms with E-state index < -0.39 is 12.0 Å². The zero-order valence-electron chi connectivity index (χ0n) is 10.7. The Morgan fingerprint density at radius 3 is 2.74 bits per heavy atom. The fraction of sp³-hybridized carbons (Fsp3) is 0.500. The van der Waals surface area contributed by atoms with Gasteiger partial charge in [-0.2, -0.15) is 0 Å². The minimum absolute atomic E-state index is 0.0348. The fourth-order valence-corrected chi connectivity index (χ4v) is 2.08. The van der Waals surface area contributed by atoms with Crippen LogP contribution < -0.4 is 5.32 Å². The van der Waals surface area contributed by atoms with Crippen LogP contribution in [0.5, 0.6) is 0 Å². The Kier molecular flexibility index (Phi) is 3.94. The van der Waals surface area contributed by atoms with Gasteiger partial charge in [0, 0.05) is 19.3 Å². The summed E-state index contributed by atoms with van der Waals surface area (Å²) in [7, 11) is 0. The monoisotopic (exact) mass is 264 g/mol. The molecule has 0 bridgehead atoms. The molecule has 19 heavy (non-hydrogen) atoms. The third-order valence-electron chi connectivity index (χ3n) is 3.08. The van der Waals surface area contributed by atoms with Crippen LogP contribution in [0.15, 0.2) is 12.5 Å². The highest BCUT2D eigenvalue weighted by Gasteiger charge is 2.24. The van der Waals surface area contributed by atoms with E-state index in [-0.39, 0.29) is 17.3 Å². The van der Waals surface area contributed by atoms with Crippen LogP contribution in [0.1, 0.15) is 30.1 Å². The number of likely N-dealkylation sites (tertiary alicyclic amines) is 1. The average molecular weight is 264 g/mol. The van der Waals surface area contributed by atoms with Gasteiger partial charge in [0.05, 0.1) is 0 Å². The van der Waals surface area contributed by atoms with E-state index in [4.69, 9.17) is 5.11 Å². The molecule has 0 saturated carbocycles. The Bertz CT molecular complexity index is 486. The number of carboxylic acids is 1. The number of amides is 1. The lowest BCUT2D eigenvalue weighted by Crippen LogP contribution is -2.40. The van der Waals surface area contributed by atoms with Gasteiger partial charge < -0.3 is 15.3 Å². The standard InChI is InChI=1S/C12H16N4O3/c1-8(11(17)16-4-2-3-5-16)15-10-9(12(18)19)6-13-7-14-10/h6-8H,2-5H2,1H3,(H,18,19)(H,13,14,15). The van der Waals surface area contributed by atoms with Crippen molar-refractivity contribution in [2.45, 2.75) is 25.8 Å². The van der Waals surface area contributed by atoms with E-state index in [0.29, 0.717) is 0 Å². The summed E-state index contributed by atoms with van der Waals surface area (Å²) in [5, 5.41) is 11.9. The summed E-state index contributed by atoms with van der Waals surface area (Å²) in [5.74, 6) is -0.987. The quantitative estimate of drug-likeness (QED) is 0.826. The van der Waals surface area contributed by atoms with Gasteiger partial charge in [-0.3, -0.25) is 4.79 Å². The van der Waals surface area contributed by atoms with Crippen LogP contribution in [0.4, 0.5) is 5.82 Å². The molecule has 0 aliphatic carbocycles. The third-order valence-corrected chi connectivity index (χ3v) is 3.08. The van der Waals surface area contributed by atoms with Crippen LogP contribution in [0.25, 0.3) is 0 Å². The van der Waals surface area contributed by atoms with Gasteiger partial charge in [0.1, 0.15) is 23.8 Å². The summed E-state index contributed by atoms with van der Waals surface area (Å²) in [6.45, 7) is 3.23. The Labute approximate surface area is 110 Å². The first-order valence-corrected chi connectivity index (χ1v) is 6.18. The number of aromatic nitrogens is 2. The molecule has 1 fully saturated rings. The first kappa shape index (κ1) is 13.3. The summed E-state index contributed by atoms with van der Waals surface area (Å²) >= 11 is 0. The van der Waals surface area contributed by atoms with E-state index in [2.05, 4.69) is 15.3 Å². The highest BCUT2D eigenvalue weighted by Crippen LogP contribution is 2.14. The molecular weight excluding hydrogens is 248 g/mol. The van der Waals surface area contributed by atoms with E-state index >= 15 is 0 Å². The molecule has 2 rings (SSSR count). The second-order valence-corrected chi connectivity index (χ2v) is 4.49. The number of nitrogens with zero attached hydrogens (tertiary/aromatic N) is 3. The first-order chi connectivity index (χ1) is 9.09. The minimum Gasteiger partial charge on any atom is -0.477 e. The van der Waals surface area contributed by atoms with Crippen molar-refractivity contribution in [2.24, 2.45) is 0 Å². The van der Waals surface area contributed by atoms with Gasteiger partial charge in [0.25, 0.3) is 0 Å². The maximum absolute atomic E-state index is 12.1. The molecule has 2 heterocycles. The smallest absolute Gasteiger partial charge is 0.341 e. The lowest BCUT2D eigenvalue weighted by atomic mass is 10.2. The van der Waals surface area contributed by atoms with E-state index in [1.54, 1.807) is 11.8 Å². The van der Waals surface area contributed by atoms with Crippen LogP contribution in [-0.4, -0.2) is 51.0 Å². The summed E-state index contributed by atoms with van der Waals surface area (Å²) in [4.78, 5) is 32.4. The number of anilines is 1. The van der Waals surface area contributed by atoms with E-state index in [9.17, 15) is 9.59 Å². The molecule has 7 heteroatoms. The second-order valence-electron chi connectivity index (χ2n) is 4.49. The predicted octanol–water partition coefficient (Wildman–Crippen LogP) is 0.598. The number of carboxylic acid groups (broad SMARTS) is 1. The highest BCUT2D eigenvalue weighted by molar-refractivity contribution is 5.94. The lowest BCUT2D eigenvalue weighted by molar-refractivity contribution is -0.130. The molecule has 0 aromatic carbocycles. The molecule has 0 spiro atoms. The summed E-state index contributed by atoms with van der Waals surface area (Å²) in [6, 6.07) is -0.508. The third kappa shape index (κ3) is 2.98. The van der Waals surface area contributed by atoms with Gasteiger partial charge in [-0.25, -0.2) is 14.8 Å². The van der Waals surface area contributed by atoms with Crippen LogP contribution >= 0.6 is 0 Å². The Morgan fingerprint density at radius 1 is 1.42 bits per heavy atom. The zero-order chi connectivity index (χ0) is 13.8. The molecule has 1 aliphatic heterocycles. The van der Waals surface area contributed by atoms with Crippen molar-refractivity contribution in [3.05, 3.63) is 18.1 Å². The van der Waals surface area contributed by atoms with Gasteiger partial charge in [-0.15, -0.1) is 0 Å².